The zero-order chi connectivity index (χ0) is 20.5. The van der Waals surface area contributed by atoms with Crippen LogP contribution in [0.4, 0.5) is 5.82 Å². The Hall–Kier alpha value is -3.28. The summed E-state index contributed by atoms with van der Waals surface area (Å²) in [5.41, 5.74) is 4.14. The average Bonchev–Trinajstić information content (AvgIpc) is 2.98. The Balaban J connectivity index is 1.44. The van der Waals surface area contributed by atoms with Crippen LogP contribution in [0.15, 0.2) is 48.7 Å². The number of carbonyl (C=O) groups excluding carboxylic acids is 1. The first kappa shape index (κ1) is 18.7. The molecule has 6 heteroatoms. The molecule has 1 atom stereocenters. The summed E-state index contributed by atoms with van der Waals surface area (Å²) < 4.78 is 13.4. The van der Waals surface area contributed by atoms with Gasteiger partial charge in [-0.25, -0.2) is 4.68 Å². The highest BCUT2D eigenvalue weighted by molar-refractivity contribution is 6.04. The number of anilines is 1. The first-order valence-electron chi connectivity index (χ1n) is 10.5. The monoisotopic (exact) mass is 403 g/mol. The first-order chi connectivity index (χ1) is 14.7. The van der Waals surface area contributed by atoms with E-state index < -0.39 is 0 Å². The lowest BCUT2D eigenvalue weighted by molar-refractivity contribution is 0.102. The van der Waals surface area contributed by atoms with E-state index in [0.29, 0.717) is 30.3 Å². The molecule has 1 amide bonds. The van der Waals surface area contributed by atoms with Crippen LogP contribution in [0, 0.1) is 6.92 Å². The molecule has 2 heterocycles. The molecule has 2 aromatic carbocycles. The molecule has 1 aliphatic heterocycles. The first-order valence-corrected chi connectivity index (χ1v) is 10.5. The molecule has 0 spiro atoms. The van der Waals surface area contributed by atoms with E-state index in [1.165, 1.54) is 11.1 Å². The van der Waals surface area contributed by atoms with Crippen molar-refractivity contribution in [3.8, 4) is 11.5 Å². The van der Waals surface area contributed by atoms with Gasteiger partial charge in [0.05, 0.1) is 25.5 Å². The van der Waals surface area contributed by atoms with Crippen LogP contribution in [0.2, 0.25) is 0 Å². The van der Waals surface area contributed by atoms with E-state index in [9.17, 15) is 4.79 Å². The molecule has 3 aromatic rings. The fourth-order valence-corrected chi connectivity index (χ4v) is 4.31. The lowest BCUT2D eigenvalue weighted by atomic mass is 9.88. The molecule has 0 radical (unpaired) electrons. The van der Waals surface area contributed by atoms with E-state index in [2.05, 4.69) is 34.7 Å². The van der Waals surface area contributed by atoms with E-state index >= 15 is 0 Å². The number of amides is 1. The number of rotatable bonds is 3. The lowest BCUT2D eigenvalue weighted by Crippen LogP contribution is -2.22. The van der Waals surface area contributed by atoms with Gasteiger partial charge in [-0.3, -0.25) is 4.79 Å². The number of nitrogens with zero attached hydrogens (tertiary/aromatic N) is 2. The molecule has 0 saturated heterocycles. The SMILES string of the molecule is Cc1cnn(C2CCCc3ccccc32)c1NC(=O)c1ccc2c(c1)OCCCO2. The predicted molar refractivity (Wildman–Crippen MR) is 114 cm³/mol. The van der Waals surface area contributed by atoms with Gasteiger partial charge in [0, 0.05) is 17.5 Å². The summed E-state index contributed by atoms with van der Waals surface area (Å²) in [4.78, 5) is 13.1. The van der Waals surface area contributed by atoms with E-state index in [1.54, 1.807) is 18.2 Å². The third kappa shape index (κ3) is 3.43. The molecule has 5 rings (SSSR count). The third-order valence-corrected chi connectivity index (χ3v) is 5.85. The highest BCUT2D eigenvalue weighted by atomic mass is 16.5. The molecular formula is C24H25N3O3. The highest BCUT2D eigenvalue weighted by Crippen LogP contribution is 2.35. The molecule has 1 N–H and O–H groups in total. The van der Waals surface area contributed by atoms with Crippen LogP contribution in [0.5, 0.6) is 11.5 Å². The van der Waals surface area contributed by atoms with Gasteiger partial charge < -0.3 is 14.8 Å². The van der Waals surface area contributed by atoms with Crippen molar-refractivity contribution in [2.45, 2.75) is 38.6 Å². The van der Waals surface area contributed by atoms with E-state index in [4.69, 9.17) is 9.47 Å². The van der Waals surface area contributed by atoms with Gasteiger partial charge >= 0.3 is 0 Å². The number of aryl methyl sites for hydroxylation is 2. The number of hydrogen-bond acceptors (Lipinski definition) is 4. The van der Waals surface area contributed by atoms with Gasteiger partial charge in [0.2, 0.25) is 0 Å². The van der Waals surface area contributed by atoms with Crippen molar-refractivity contribution in [1.29, 1.82) is 0 Å². The lowest BCUT2D eigenvalue weighted by Gasteiger charge is -2.27. The molecule has 0 bridgehead atoms. The Labute approximate surface area is 175 Å². The summed E-state index contributed by atoms with van der Waals surface area (Å²) in [5.74, 6) is 1.86. The zero-order valence-electron chi connectivity index (χ0n) is 17.1. The second kappa shape index (κ2) is 7.86. The Morgan fingerprint density at radius 2 is 1.93 bits per heavy atom. The van der Waals surface area contributed by atoms with Crippen molar-refractivity contribution in [1.82, 2.24) is 9.78 Å². The Bertz CT molecular complexity index is 1090. The smallest absolute Gasteiger partial charge is 0.256 e. The van der Waals surface area contributed by atoms with Crippen molar-refractivity contribution >= 4 is 11.7 Å². The van der Waals surface area contributed by atoms with Gasteiger partial charge in [-0.05, 0) is 55.5 Å². The van der Waals surface area contributed by atoms with Crippen molar-refractivity contribution in [3.63, 3.8) is 0 Å². The molecule has 30 heavy (non-hydrogen) atoms. The van der Waals surface area contributed by atoms with Gasteiger partial charge in [-0.1, -0.05) is 24.3 Å². The van der Waals surface area contributed by atoms with Crippen LogP contribution in [-0.4, -0.2) is 28.9 Å². The third-order valence-electron chi connectivity index (χ3n) is 5.85. The summed E-state index contributed by atoms with van der Waals surface area (Å²) in [6, 6.07) is 14.0. The van der Waals surface area contributed by atoms with Crippen molar-refractivity contribution in [2.75, 3.05) is 18.5 Å². The number of nitrogens with one attached hydrogen (secondary N) is 1. The van der Waals surface area contributed by atoms with Crippen molar-refractivity contribution in [3.05, 3.63) is 70.9 Å². The summed E-state index contributed by atoms with van der Waals surface area (Å²) in [7, 11) is 0. The molecule has 1 aromatic heterocycles. The minimum Gasteiger partial charge on any atom is -0.490 e. The second-order valence-electron chi connectivity index (χ2n) is 7.89. The van der Waals surface area contributed by atoms with Crippen molar-refractivity contribution in [2.24, 2.45) is 0 Å². The largest absolute Gasteiger partial charge is 0.490 e. The molecule has 2 aliphatic rings. The average molecular weight is 403 g/mol. The molecule has 154 valence electrons. The van der Waals surface area contributed by atoms with E-state index in [0.717, 1.165) is 37.1 Å². The van der Waals surface area contributed by atoms with E-state index in [1.807, 2.05) is 17.8 Å². The Morgan fingerprint density at radius 3 is 2.83 bits per heavy atom. The van der Waals surface area contributed by atoms with Crippen LogP contribution in [0.25, 0.3) is 0 Å². The molecular weight excluding hydrogens is 378 g/mol. The van der Waals surface area contributed by atoms with Gasteiger partial charge in [-0.2, -0.15) is 5.10 Å². The second-order valence-corrected chi connectivity index (χ2v) is 7.89. The Kier molecular flexibility index (Phi) is 4.91. The van der Waals surface area contributed by atoms with Crippen molar-refractivity contribution < 1.29 is 14.3 Å². The van der Waals surface area contributed by atoms with Gasteiger partial charge in [0.1, 0.15) is 5.82 Å². The maximum absolute atomic E-state index is 13.1. The number of ether oxygens (including phenoxy) is 2. The van der Waals surface area contributed by atoms with Crippen LogP contribution >= 0.6 is 0 Å². The number of benzene rings is 2. The summed E-state index contributed by atoms with van der Waals surface area (Å²) in [6.07, 6.45) is 5.85. The molecule has 0 fully saturated rings. The van der Waals surface area contributed by atoms with Crippen LogP contribution in [0.3, 0.4) is 0 Å². The van der Waals surface area contributed by atoms with Gasteiger partial charge in [0.25, 0.3) is 5.91 Å². The number of aromatic nitrogens is 2. The predicted octanol–water partition coefficient (Wildman–Crippen LogP) is 4.53. The number of fused-ring (bicyclic) bond motifs is 2. The normalized spacial score (nSPS) is 17.7. The topological polar surface area (TPSA) is 65.4 Å². The van der Waals surface area contributed by atoms with Gasteiger partial charge in [0.15, 0.2) is 11.5 Å². The van der Waals surface area contributed by atoms with Crippen LogP contribution < -0.4 is 14.8 Å². The molecule has 0 saturated carbocycles. The minimum atomic E-state index is -0.181. The van der Waals surface area contributed by atoms with Gasteiger partial charge in [-0.15, -0.1) is 0 Å². The van der Waals surface area contributed by atoms with Crippen LogP contribution in [0.1, 0.15) is 52.4 Å². The zero-order valence-corrected chi connectivity index (χ0v) is 17.1. The van der Waals surface area contributed by atoms with E-state index in [-0.39, 0.29) is 11.9 Å². The molecule has 1 aliphatic carbocycles. The summed E-state index contributed by atoms with van der Waals surface area (Å²) >= 11 is 0. The fourth-order valence-electron chi connectivity index (χ4n) is 4.31. The number of carbonyl (C=O) groups is 1. The molecule has 1 unspecified atom stereocenters. The highest BCUT2D eigenvalue weighted by Gasteiger charge is 2.25. The summed E-state index contributed by atoms with van der Waals surface area (Å²) in [5, 5.41) is 7.72. The fraction of sp³-hybridized carbons (Fsp3) is 0.333. The molecule has 6 nitrogen and oxygen atoms in total. The summed E-state index contributed by atoms with van der Waals surface area (Å²) in [6.45, 7) is 3.19. The maximum Gasteiger partial charge on any atom is 0.256 e. The standard InChI is InChI=1S/C24H25N3O3/c1-16-15-25-27(20-9-4-7-17-6-2-3-8-19(17)20)23(16)26-24(28)18-10-11-21-22(14-18)30-13-5-12-29-21/h2-3,6,8,10-11,14-15,20H,4-5,7,9,12-13H2,1H3,(H,26,28). The van der Waals surface area contributed by atoms with Crippen LogP contribution in [-0.2, 0) is 6.42 Å². The number of hydrogen-bond donors (Lipinski definition) is 1. The minimum absolute atomic E-state index is 0.128. The Morgan fingerprint density at radius 1 is 1.10 bits per heavy atom. The maximum atomic E-state index is 13.1. The quantitative estimate of drug-likeness (QED) is 0.698.